The molecule has 0 unspecified atom stereocenters. The molecule has 0 radical (unpaired) electrons. The Labute approximate surface area is 165 Å². The summed E-state index contributed by atoms with van der Waals surface area (Å²) in [6.07, 6.45) is 0. The minimum Gasteiger partial charge on any atom is -0.495 e. The van der Waals surface area contributed by atoms with Crippen LogP contribution >= 0.6 is 0 Å². The van der Waals surface area contributed by atoms with Crippen LogP contribution in [-0.2, 0) is 16.6 Å². The first kappa shape index (κ1) is 20.6. The Morgan fingerprint density at radius 2 is 1.72 bits per heavy atom. The van der Waals surface area contributed by atoms with Gasteiger partial charge in [0, 0.05) is 18.2 Å². The molecule has 0 saturated carbocycles. The van der Waals surface area contributed by atoms with Gasteiger partial charge in [0.2, 0.25) is 10.0 Å². The summed E-state index contributed by atoms with van der Waals surface area (Å²) in [5.74, 6) is -1.13. The highest BCUT2D eigenvalue weighted by atomic mass is 32.2. The van der Waals surface area contributed by atoms with Gasteiger partial charge in [-0.05, 0) is 48.5 Å². The number of ether oxygens (including phenoxy) is 1. The molecule has 0 bridgehead atoms. The van der Waals surface area contributed by atoms with Gasteiger partial charge < -0.3 is 4.74 Å². The fourth-order valence-electron chi connectivity index (χ4n) is 2.61. The maximum atomic E-state index is 13.5. The second kappa shape index (κ2) is 8.50. The van der Waals surface area contributed by atoms with Crippen molar-refractivity contribution in [3.05, 3.63) is 76.6 Å². The van der Waals surface area contributed by atoms with Gasteiger partial charge in [-0.25, -0.2) is 26.6 Å². The predicted octanol–water partition coefficient (Wildman–Crippen LogP) is 2.18. The van der Waals surface area contributed by atoms with Crippen LogP contribution in [0.4, 0.5) is 8.78 Å². The van der Waals surface area contributed by atoms with Crippen LogP contribution < -0.4 is 15.0 Å². The average molecular weight is 421 g/mol. The molecule has 0 atom stereocenters. The fraction of sp³-hybridized carbons (Fsp3) is 0.158. The third kappa shape index (κ3) is 4.84. The molecule has 10 heteroatoms. The van der Waals surface area contributed by atoms with Crippen molar-refractivity contribution < 1.29 is 21.9 Å². The molecule has 7 nitrogen and oxygen atoms in total. The first-order chi connectivity index (χ1) is 13.8. The molecule has 0 aliphatic rings. The number of nitrogens with one attached hydrogen (secondary N) is 1. The van der Waals surface area contributed by atoms with E-state index >= 15 is 0 Å². The predicted molar refractivity (Wildman–Crippen MR) is 102 cm³/mol. The first-order valence-corrected chi connectivity index (χ1v) is 9.96. The molecule has 3 rings (SSSR count). The summed E-state index contributed by atoms with van der Waals surface area (Å²) in [6.45, 7) is -0.230. The third-order valence-corrected chi connectivity index (χ3v) is 5.52. The number of halogens is 2. The van der Waals surface area contributed by atoms with Crippen molar-refractivity contribution in [2.45, 2.75) is 11.4 Å². The SMILES string of the molecule is COc1ccc(F)cc1S(=O)(=O)NCCn1nc(-c2ccc(F)cc2)ccc1=O. The highest BCUT2D eigenvalue weighted by Crippen LogP contribution is 2.24. The number of benzene rings is 2. The molecular formula is C19H17F2N3O4S. The van der Waals surface area contributed by atoms with Gasteiger partial charge >= 0.3 is 0 Å². The summed E-state index contributed by atoms with van der Waals surface area (Å²) < 4.78 is 59.8. The van der Waals surface area contributed by atoms with Gasteiger partial charge in [0.1, 0.15) is 22.3 Å². The Morgan fingerprint density at radius 1 is 1.03 bits per heavy atom. The zero-order valence-corrected chi connectivity index (χ0v) is 16.1. The highest BCUT2D eigenvalue weighted by molar-refractivity contribution is 7.89. The van der Waals surface area contributed by atoms with Crippen molar-refractivity contribution in [2.75, 3.05) is 13.7 Å². The lowest BCUT2D eigenvalue weighted by Gasteiger charge is -2.11. The Bertz CT molecular complexity index is 1180. The molecule has 0 saturated heterocycles. The van der Waals surface area contributed by atoms with Gasteiger partial charge in [-0.3, -0.25) is 4.79 Å². The maximum Gasteiger partial charge on any atom is 0.266 e. The molecule has 0 aliphatic carbocycles. The lowest BCUT2D eigenvalue weighted by atomic mass is 10.1. The third-order valence-electron chi connectivity index (χ3n) is 4.04. The van der Waals surface area contributed by atoms with Crippen LogP contribution in [0, 0.1) is 11.6 Å². The molecule has 152 valence electrons. The van der Waals surface area contributed by atoms with E-state index in [0.29, 0.717) is 11.3 Å². The van der Waals surface area contributed by atoms with E-state index < -0.39 is 27.2 Å². The van der Waals surface area contributed by atoms with E-state index in [9.17, 15) is 22.0 Å². The topological polar surface area (TPSA) is 90.3 Å². The summed E-state index contributed by atoms with van der Waals surface area (Å²) >= 11 is 0. The van der Waals surface area contributed by atoms with Crippen LogP contribution in [0.15, 0.2) is 64.3 Å². The second-order valence-corrected chi connectivity index (χ2v) is 7.72. The summed E-state index contributed by atoms with van der Waals surface area (Å²) in [5.41, 5.74) is 0.600. The quantitative estimate of drug-likeness (QED) is 0.632. The van der Waals surface area contributed by atoms with Crippen LogP contribution in [0.2, 0.25) is 0 Å². The molecule has 3 aromatic rings. The molecule has 1 heterocycles. The lowest BCUT2D eigenvalue weighted by Crippen LogP contribution is -2.32. The van der Waals surface area contributed by atoms with E-state index in [4.69, 9.17) is 4.74 Å². The van der Waals surface area contributed by atoms with Crippen LogP contribution in [0.5, 0.6) is 5.75 Å². The number of aromatic nitrogens is 2. The van der Waals surface area contributed by atoms with E-state index in [2.05, 4.69) is 9.82 Å². The van der Waals surface area contributed by atoms with Crippen molar-refractivity contribution in [3.63, 3.8) is 0 Å². The number of hydrogen-bond acceptors (Lipinski definition) is 5. The highest BCUT2D eigenvalue weighted by Gasteiger charge is 2.20. The van der Waals surface area contributed by atoms with E-state index in [0.717, 1.165) is 16.8 Å². The lowest BCUT2D eigenvalue weighted by molar-refractivity contribution is 0.400. The standard InChI is InChI=1S/C19H17F2N3O4S/c1-28-17-8-6-15(21)12-18(17)29(26,27)22-10-11-24-19(25)9-7-16(23-24)13-2-4-14(20)5-3-13/h2-9,12,22H,10-11H2,1H3. The molecule has 1 N–H and O–H groups in total. The average Bonchev–Trinajstić information content (AvgIpc) is 2.70. The monoisotopic (exact) mass is 421 g/mol. The first-order valence-electron chi connectivity index (χ1n) is 8.47. The van der Waals surface area contributed by atoms with Crippen molar-refractivity contribution in [3.8, 4) is 17.0 Å². The Hall–Kier alpha value is -3.11. The molecule has 2 aromatic carbocycles. The number of methoxy groups -OCH3 is 1. The molecule has 1 aromatic heterocycles. The van der Waals surface area contributed by atoms with Gasteiger partial charge in [0.25, 0.3) is 5.56 Å². The number of hydrogen-bond donors (Lipinski definition) is 1. The van der Waals surface area contributed by atoms with E-state index in [1.54, 1.807) is 0 Å². The van der Waals surface area contributed by atoms with Crippen molar-refractivity contribution >= 4 is 10.0 Å². The fourth-order valence-corrected chi connectivity index (χ4v) is 3.81. The summed E-state index contributed by atoms with van der Waals surface area (Å²) in [5, 5.41) is 4.17. The van der Waals surface area contributed by atoms with Crippen molar-refractivity contribution in [2.24, 2.45) is 0 Å². The van der Waals surface area contributed by atoms with Crippen LogP contribution in [0.3, 0.4) is 0 Å². The molecule has 0 amide bonds. The summed E-state index contributed by atoms with van der Waals surface area (Å²) in [7, 11) is -2.80. The Balaban J connectivity index is 1.76. The zero-order valence-electron chi connectivity index (χ0n) is 15.3. The van der Waals surface area contributed by atoms with Crippen LogP contribution in [-0.4, -0.2) is 31.9 Å². The second-order valence-electron chi connectivity index (χ2n) is 5.98. The molecule has 0 spiro atoms. The van der Waals surface area contributed by atoms with Gasteiger partial charge in [0.15, 0.2) is 0 Å². The largest absolute Gasteiger partial charge is 0.495 e. The Kier molecular flexibility index (Phi) is 6.04. The molecule has 0 aliphatic heterocycles. The Morgan fingerprint density at radius 3 is 2.41 bits per heavy atom. The van der Waals surface area contributed by atoms with E-state index in [1.165, 1.54) is 49.6 Å². The minimum atomic E-state index is -4.08. The van der Waals surface area contributed by atoms with Gasteiger partial charge in [-0.1, -0.05) is 0 Å². The van der Waals surface area contributed by atoms with Crippen LogP contribution in [0.1, 0.15) is 0 Å². The van der Waals surface area contributed by atoms with Crippen LogP contribution in [0.25, 0.3) is 11.3 Å². The number of sulfonamides is 1. The normalized spacial score (nSPS) is 11.4. The van der Waals surface area contributed by atoms with E-state index in [1.807, 2.05) is 0 Å². The van der Waals surface area contributed by atoms with Gasteiger partial charge in [0.05, 0.1) is 19.3 Å². The number of nitrogens with zero attached hydrogens (tertiary/aromatic N) is 2. The van der Waals surface area contributed by atoms with Crippen molar-refractivity contribution in [1.82, 2.24) is 14.5 Å². The van der Waals surface area contributed by atoms with E-state index in [-0.39, 0.29) is 23.7 Å². The minimum absolute atomic E-state index is 0.00695. The van der Waals surface area contributed by atoms with Gasteiger partial charge in [-0.15, -0.1) is 0 Å². The number of rotatable bonds is 7. The smallest absolute Gasteiger partial charge is 0.266 e. The molecular weight excluding hydrogens is 404 g/mol. The molecule has 29 heavy (non-hydrogen) atoms. The van der Waals surface area contributed by atoms with Crippen molar-refractivity contribution in [1.29, 1.82) is 0 Å². The summed E-state index contributed by atoms with van der Waals surface area (Å²) in [4.78, 5) is 11.7. The summed E-state index contributed by atoms with van der Waals surface area (Å²) in [6, 6.07) is 11.5. The zero-order chi connectivity index (χ0) is 21.0. The maximum absolute atomic E-state index is 13.5. The molecule has 0 fully saturated rings. The van der Waals surface area contributed by atoms with Gasteiger partial charge in [-0.2, -0.15) is 5.10 Å².